The molecule has 1 rings (SSSR count). The Morgan fingerprint density at radius 3 is 2.73 bits per heavy atom. The second-order valence-electron chi connectivity index (χ2n) is 4.48. The van der Waals surface area contributed by atoms with E-state index in [9.17, 15) is 4.79 Å². The lowest BCUT2D eigenvalue weighted by molar-refractivity contribution is -0.126. The number of primary amides is 1. The van der Waals surface area contributed by atoms with E-state index in [1.54, 1.807) is 26.4 Å². The quantitative estimate of drug-likeness (QED) is 0.754. The molecule has 1 atom stereocenters. The molecule has 0 aromatic carbocycles. The zero-order chi connectivity index (χ0) is 11.6. The van der Waals surface area contributed by atoms with E-state index in [0.29, 0.717) is 6.54 Å². The predicted octanol–water partition coefficient (Wildman–Crippen LogP) is 0.414. The van der Waals surface area contributed by atoms with Crippen molar-refractivity contribution >= 4 is 5.91 Å². The first-order valence-electron chi connectivity index (χ1n) is 4.90. The van der Waals surface area contributed by atoms with E-state index in [4.69, 9.17) is 11.5 Å². The topological polar surface area (TPSA) is 86.9 Å². The van der Waals surface area contributed by atoms with Gasteiger partial charge in [0.05, 0.1) is 17.4 Å². The van der Waals surface area contributed by atoms with Crippen molar-refractivity contribution in [3.8, 4) is 0 Å². The molecule has 0 saturated heterocycles. The summed E-state index contributed by atoms with van der Waals surface area (Å²) in [6.07, 6.45) is 3.38. The molecule has 4 N–H and O–H groups in total. The van der Waals surface area contributed by atoms with Gasteiger partial charge in [-0.25, -0.2) is 4.98 Å². The predicted molar refractivity (Wildman–Crippen MR) is 57.8 cm³/mol. The Bertz CT molecular complexity index is 354. The van der Waals surface area contributed by atoms with Gasteiger partial charge in [0.2, 0.25) is 5.91 Å². The zero-order valence-corrected chi connectivity index (χ0v) is 9.40. The van der Waals surface area contributed by atoms with Crippen LogP contribution in [0.15, 0.2) is 12.5 Å². The molecule has 15 heavy (non-hydrogen) atoms. The van der Waals surface area contributed by atoms with E-state index >= 15 is 0 Å². The maximum atomic E-state index is 11.2. The van der Waals surface area contributed by atoms with Crippen molar-refractivity contribution in [1.82, 2.24) is 9.55 Å². The SMILES string of the molecule is CC(N)c1cncn1CC(C)(C)C(N)=O. The van der Waals surface area contributed by atoms with E-state index in [2.05, 4.69) is 4.98 Å². The summed E-state index contributed by atoms with van der Waals surface area (Å²) in [7, 11) is 0. The van der Waals surface area contributed by atoms with Gasteiger partial charge in [0.1, 0.15) is 0 Å². The Kier molecular flexibility index (Phi) is 3.14. The van der Waals surface area contributed by atoms with Crippen LogP contribution in [0.5, 0.6) is 0 Å². The molecule has 5 heteroatoms. The first kappa shape index (κ1) is 11.7. The maximum absolute atomic E-state index is 11.2. The number of aromatic nitrogens is 2. The summed E-state index contributed by atoms with van der Waals surface area (Å²) in [5, 5.41) is 0. The number of amides is 1. The first-order chi connectivity index (χ1) is 6.84. The summed E-state index contributed by atoms with van der Waals surface area (Å²) < 4.78 is 1.87. The van der Waals surface area contributed by atoms with Gasteiger partial charge in [-0.2, -0.15) is 0 Å². The van der Waals surface area contributed by atoms with Gasteiger partial charge in [-0.05, 0) is 20.8 Å². The molecular weight excluding hydrogens is 192 g/mol. The molecule has 1 heterocycles. The fourth-order valence-corrected chi connectivity index (χ4v) is 1.35. The van der Waals surface area contributed by atoms with Crippen LogP contribution in [0.25, 0.3) is 0 Å². The van der Waals surface area contributed by atoms with Gasteiger partial charge in [-0.15, -0.1) is 0 Å². The number of imidazole rings is 1. The third kappa shape index (κ3) is 2.56. The molecule has 1 aromatic rings. The minimum Gasteiger partial charge on any atom is -0.369 e. The number of rotatable bonds is 4. The number of carbonyl (C=O) groups is 1. The molecule has 1 amide bonds. The van der Waals surface area contributed by atoms with E-state index in [0.717, 1.165) is 5.69 Å². The van der Waals surface area contributed by atoms with Crippen LogP contribution in [0.2, 0.25) is 0 Å². The van der Waals surface area contributed by atoms with Crippen LogP contribution in [-0.4, -0.2) is 15.5 Å². The molecule has 0 saturated carbocycles. The van der Waals surface area contributed by atoms with Crippen LogP contribution in [0.3, 0.4) is 0 Å². The maximum Gasteiger partial charge on any atom is 0.224 e. The van der Waals surface area contributed by atoms with Crippen molar-refractivity contribution in [3.63, 3.8) is 0 Å². The number of hydrogen-bond donors (Lipinski definition) is 2. The highest BCUT2D eigenvalue weighted by Gasteiger charge is 2.26. The number of nitrogens with two attached hydrogens (primary N) is 2. The number of carbonyl (C=O) groups excluding carboxylic acids is 1. The van der Waals surface area contributed by atoms with Gasteiger partial charge < -0.3 is 16.0 Å². The lowest BCUT2D eigenvalue weighted by Gasteiger charge is -2.22. The third-order valence-corrected chi connectivity index (χ3v) is 2.44. The highest BCUT2D eigenvalue weighted by atomic mass is 16.1. The molecule has 1 unspecified atom stereocenters. The summed E-state index contributed by atoms with van der Waals surface area (Å²) in [5.74, 6) is -0.327. The molecule has 0 radical (unpaired) electrons. The molecule has 0 aliphatic carbocycles. The Morgan fingerprint density at radius 2 is 2.27 bits per heavy atom. The standard InChI is InChI=1S/C10H18N4O/c1-7(11)8-4-13-6-14(8)5-10(2,3)9(12)15/h4,6-7H,5,11H2,1-3H3,(H2,12,15). The largest absolute Gasteiger partial charge is 0.369 e. The second kappa shape index (κ2) is 4.02. The highest BCUT2D eigenvalue weighted by molar-refractivity contribution is 5.79. The van der Waals surface area contributed by atoms with E-state index in [-0.39, 0.29) is 11.9 Å². The van der Waals surface area contributed by atoms with Gasteiger partial charge in [0.25, 0.3) is 0 Å². The van der Waals surface area contributed by atoms with Crippen molar-refractivity contribution in [1.29, 1.82) is 0 Å². The van der Waals surface area contributed by atoms with Crippen LogP contribution >= 0.6 is 0 Å². The average molecular weight is 210 g/mol. The molecule has 0 spiro atoms. The van der Waals surface area contributed by atoms with Crippen LogP contribution < -0.4 is 11.5 Å². The Hall–Kier alpha value is -1.36. The van der Waals surface area contributed by atoms with Gasteiger partial charge in [-0.1, -0.05) is 0 Å². The van der Waals surface area contributed by atoms with Gasteiger partial charge in [0, 0.05) is 18.8 Å². The smallest absolute Gasteiger partial charge is 0.224 e. The monoisotopic (exact) mass is 210 g/mol. The Balaban J connectivity index is 2.90. The van der Waals surface area contributed by atoms with Crippen molar-refractivity contribution in [2.24, 2.45) is 16.9 Å². The van der Waals surface area contributed by atoms with E-state index < -0.39 is 5.41 Å². The lowest BCUT2D eigenvalue weighted by atomic mass is 9.92. The minimum absolute atomic E-state index is 0.101. The number of hydrogen-bond acceptors (Lipinski definition) is 3. The summed E-state index contributed by atoms with van der Waals surface area (Å²) in [6.45, 7) is 5.99. The summed E-state index contributed by atoms with van der Waals surface area (Å²) in [5.41, 5.74) is 11.4. The summed E-state index contributed by atoms with van der Waals surface area (Å²) >= 11 is 0. The molecule has 0 bridgehead atoms. The summed E-state index contributed by atoms with van der Waals surface area (Å²) in [6, 6.07) is -0.101. The fraction of sp³-hybridized carbons (Fsp3) is 0.600. The molecule has 0 aliphatic heterocycles. The van der Waals surface area contributed by atoms with Crippen molar-refractivity contribution in [3.05, 3.63) is 18.2 Å². The van der Waals surface area contributed by atoms with Gasteiger partial charge in [-0.3, -0.25) is 4.79 Å². The van der Waals surface area contributed by atoms with Gasteiger partial charge >= 0.3 is 0 Å². The van der Waals surface area contributed by atoms with Crippen molar-refractivity contribution < 1.29 is 4.79 Å². The Morgan fingerprint density at radius 1 is 1.67 bits per heavy atom. The highest BCUT2D eigenvalue weighted by Crippen LogP contribution is 2.20. The lowest BCUT2D eigenvalue weighted by Crippen LogP contribution is -2.36. The molecular formula is C10H18N4O. The fourth-order valence-electron chi connectivity index (χ4n) is 1.35. The molecule has 84 valence electrons. The normalized spacial score (nSPS) is 13.9. The Labute approximate surface area is 89.5 Å². The third-order valence-electron chi connectivity index (χ3n) is 2.44. The van der Waals surface area contributed by atoms with E-state index in [1.165, 1.54) is 0 Å². The second-order valence-corrected chi connectivity index (χ2v) is 4.48. The van der Waals surface area contributed by atoms with Crippen molar-refractivity contribution in [2.75, 3.05) is 0 Å². The minimum atomic E-state index is -0.593. The molecule has 0 fully saturated rings. The van der Waals surface area contributed by atoms with Crippen LogP contribution in [0.1, 0.15) is 32.5 Å². The first-order valence-corrected chi connectivity index (χ1v) is 4.90. The van der Waals surface area contributed by atoms with Crippen molar-refractivity contribution in [2.45, 2.75) is 33.4 Å². The van der Waals surface area contributed by atoms with E-state index in [1.807, 2.05) is 11.5 Å². The molecule has 0 aliphatic rings. The average Bonchev–Trinajstić information content (AvgIpc) is 2.51. The zero-order valence-electron chi connectivity index (χ0n) is 9.40. The molecule has 1 aromatic heterocycles. The van der Waals surface area contributed by atoms with Crippen LogP contribution in [0.4, 0.5) is 0 Å². The number of nitrogens with zero attached hydrogens (tertiary/aromatic N) is 2. The van der Waals surface area contributed by atoms with Gasteiger partial charge in [0.15, 0.2) is 0 Å². The summed E-state index contributed by atoms with van der Waals surface area (Å²) in [4.78, 5) is 15.2. The van der Waals surface area contributed by atoms with Crippen LogP contribution in [0, 0.1) is 5.41 Å². The van der Waals surface area contributed by atoms with Crippen LogP contribution in [-0.2, 0) is 11.3 Å². The molecule has 5 nitrogen and oxygen atoms in total.